The van der Waals surface area contributed by atoms with E-state index in [-0.39, 0.29) is 0 Å². The maximum Gasteiger partial charge on any atom is 0.129 e. The first-order valence-electron chi connectivity index (χ1n) is 6.17. The highest BCUT2D eigenvalue weighted by molar-refractivity contribution is 5.37. The number of rotatable bonds is 7. The lowest BCUT2D eigenvalue weighted by molar-refractivity contribution is 0.0929. The van der Waals surface area contributed by atoms with Gasteiger partial charge in [-0.3, -0.25) is 0 Å². The van der Waals surface area contributed by atoms with Crippen LogP contribution in [0, 0.1) is 0 Å². The Hall–Kier alpha value is -1.81. The Labute approximate surface area is 107 Å². The Morgan fingerprint density at radius 3 is 3.06 bits per heavy atom. The summed E-state index contributed by atoms with van der Waals surface area (Å²) in [6.07, 6.45) is 4.53. The lowest BCUT2D eigenvalue weighted by Crippen LogP contribution is -2.02. The Morgan fingerprint density at radius 2 is 2.28 bits per heavy atom. The first-order chi connectivity index (χ1) is 8.88. The number of ether oxygens (including phenoxy) is 1. The monoisotopic (exact) mass is 246 g/mol. The van der Waals surface area contributed by atoms with Crippen molar-refractivity contribution in [2.24, 2.45) is 0 Å². The fourth-order valence-corrected chi connectivity index (χ4v) is 1.58. The molecule has 0 aromatic carbocycles. The largest absolute Gasteiger partial charge is 0.467 e. The molecule has 0 unspecified atom stereocenters. The summed E-state index contributed by atoms with van der Waals surface area (Å²) in [7, 11) is 0. The first-order valence-corrected chi connectivity index (χ1v) is 6.17. The van der Waals surface area contributed by atoms with Gasteiger partial charge in [0.25, 0.3) is 0 Å². The molecule has 0 bridgehead atoms. The van der Waals surface area contributed by atoms with Crippen LogP contribution in [0.3, 0.4) is 0 Å². The molecule has 18 heavy (non-hydrogen) atoms. The highest BCUT2D eigenvalue weighted by Gasteiger charge is 1.99. The molecule has 0 spiro atoms. The van der Waals surface area contributed by atoms with Crippen LogP contribution in [-0.4, -0.2) is 11.5 Å². The molecule has 0 fully saturated rings. The van der Waals surface area contributed by atoms with E-state index < -0.39 is 0 Å². The SMILES string of the molecule is CCCNc1cc(COCc2ccco2)ccn1. The maximum atomic E-state index is 5.57. The normalized spacial score (nSPS) is 10.5. The van der Waals surface area contributed by atoms with Gasteiger partial charge in [-0.25, -0.2) is 4.98 Å². The van der Waals surface area contributed by atoms with Crippen molar-refractivity contribution >= 4 is 5.82 Å². The molecular formula is C14H18N2O2. The zero-order chi connectivity index (χ0) is 12.6. The molecule has 2 heterocycles. The third kappa shape index (κ3) is 3.89. The van der Waals surface area contributed by atoms with Crippen LogP contribution in [0.25, 0.3) is 0 Å². The Morgan fingerprint density at radius 1 is 1.33 bits per heavy atom. The molecule has 0 atom stereocenters. The fourth-order valence-electron chi connectivity index (χ4n) is 1.58. The summed E-state index contributed by atoms with van der Waals surface area (Å²) >= 11 is 0. The van der Waals surface area contributed by atoms with Crippen molar-refractivity contribution in [3.8, 4) is 0 Å². The molecule has 0 aliphatic rings. The summed E-state index contributed by atoms with van der Waals surface area (Å²) in [5, 5.41) is 3.25. The van der Waals surface area contributed by atoms with E-state index in [0.717, 1.165) is 30.1 Å². The molecule has 0 aliphatic carbocycles. The van der Waals surface area contributed by atoms with Gasteiger partial charge in [0.1, 0.15) is 18.2 Å². The highest BCUT2D eigenvalue weighted by Crippen LogP contribution is 2.10. The predicted molar refractivity (Wildman–Crippen MR) is 70.2 cm³/mol. The van der Waals surface area contributed by atoms with Crippen molar-refractivity contribution in [1.82, 2.24) is 4.98 Å². The number of furan rings is 1. The van der Waals surface area contributed by atoms with Crippen LogP contribution in [0.4, 0.5) is 5.82 Å². The maximum absolute atomic E-state index is 5.57. The smallest absolute Gasteiger partial charge is 0.129 e. The molecule has 2 aromatic rings. The number of aromatic nitrogens is 1. The molecule has 1 N–H and O–H groups in total. The van der Waals surface area contributed by atoms with Crippen molar-refractivity contribution in [2.45, 2.75) is 26.6 Å². The Kier molecular flexibility index (Phi) is 4.78. The third-order valence-electron chi connectivity index (χ3n) is 2.47. The molecular weight excluding hydrogens is 228 g/mol. The van der Waals surface area contributed by atoms with Gasteiger partial charge in [-0.05, 0) is 36.2 Å². The predicted octanol–water partition coefficient (Wildman–Crippen LogP) is 3.21. The molecule has 2 rings (SSSR count). The Balaban J connectivity index is 1.81. The van der Waals surface area contributed by atoms with E-state index in [0.29, 0.717) is 13.2 Å². The van der Waals surface area contributed by atoms with Crippen LogP contribution in [0.2, 0.25) is 0 Å². The number of nitrogens with one attached hydrogen (secondary N) is 1. The van der Waals surface area contributed by atoms with E-state index >= 15 is 0 Å². The average molecular weight is 246 g/mol. The lowest BCUT2D eigenvalue weighted by Gasteiger charge is -2.06. The minimum absolute atomic E-state index is 0.493. The Bertz CT molecular complexity index is 455. The van der Waals surface area contributed by atoms with Gasteiger partial charge in [0.2, 0.25) is 0 Å². The van der Waals surface area contributed by atoms with Gasteiger partial charge in [-0.2, -0.15) is 0 Å². The molecule has 2 aromatic heterocycles. The van der Waals surface area contributed by atoms with Gasteiger partial charge in [0.15, 0.2) is 0 Å². The summed E-state index contributed by atoms with van der Waals surface area (Å²) in [5.74, 6) is 1.74. The van der Waals surface area contributed by atoms with Gasteiger partial charge >= 0.3 is 0 Å². The van der Waals surface area contributed by atoms with Crippen molar-refractivity contribution < 1.29 is 9.15 Å². The number of pyridine rings is 1. The molecule has 0 amide bonds. The number of hydrogen-bond acceptors (Lipinski definition) is 4. The van der Waals surface area contributed by atoms with Crippen LogP contribution in [0.15, 0.2) is 41.1 Å². The van der Waals surface area contributed by atoms with E-state index in [1.165, 1.54) is 0 Å². The van der Waals surface area contributed by atoms with Gasteiger partial charge in [0, 0.05) is 12.7 Å². The number of nitrogens with zero attached hydrogens (tertiary/aromatic N) is 1. The zero-order valence-electron chi connectivity index (χ0n) is 10.6. The van der Waals surface area contributed by atoms with E-state index in [9.17, 15) is 0 Å². The number of hydrogen-bond donors (Lipinski definition) is 1. The van der Waals surface area contributed by atoms with Crippen molar-refractivity contribution in [3.63, 3.8) is 0 Å². The van der Waals surface area contributed by atoms with E-state index in [4.69, 9.17) is 9.15 Å². The summed E-state index contributed by atoms with van der Waals surface area (Å²) < 4.78 is 10.8. The van der Waals surface area contributed by atoms with Crippen molar-refractivity contribution in [3.05, 3.63) is 48.0 Å². The van der Waals surface area contributed by atoms with Gasteiger partial charge in [-0.15, -0.1) is 0 Å². The second-order valence-corrected chi connectivity index (χ2v) is 4.05. The van der Waals surface area contributed by atoms with Crippen molar-refractivity contribution in [2.75, 3.05) is 11.9 Å². The van der Waals surface area contributed by atoms with Gasteiger partial charge < -0.3 is 14.5 Å². The molecule has 0 radical (unpaired) electrons. The molecule has 96 valence electrons. The molecule has 4 heteroatoms. The quantitative estimate of drug-likeness (QED) is 0.815. The van der Waals surface area contributed by atoms with Crippen molar-refractivity contribution in [1.29, 1.82) is 0 Å². The third-order valence-corrected chi connectivity index (χ3v) is 2.47. The molecule has 0 saturated heterocycles. The summed E-state index contributed by atoms with van der Waals surface area (Å²) in [6.45, 7) is 4.12. The minimum atomic E-state index is 0.493. The molecule has 0 aliphatic heterocycles. The zero-order valence-corrected chi connectivity index (χ0v) is 10.6. The van der Waals surface area contributed by atoms with Crippen LogP contribution in [-0.2, 0) is 18.0 Å². The molecule has 4 nitrogen and oxygen atoms in total. The summed E-state index contributed by atoms with van der Waals surface area (Å²) in [5.41, 5.74) is 1.11. The molecule has 0 saturated carbocycles. The van der Waals surface area contributed by atoms with E-state index in [2.05, 4.69) is 17.2 Å². The lowest BCUT2D eigenvalue weighted by atomic mass is 10.3. The minimum Gasteiger partial charge on any atom is -0.467 e. The second-order valence-electron chi connectivity index (χ2n) is 4.05. The van der Waals surface area contributed by atoms with Crippen LogP contribution in [0.5, 0.6) is 0 Å². The summed E-state index contributed by atoms with van der Waals surface area (Å²) in [4.78, 5) is 4.25. The first kappa shape index (κ1) is 12.6. The number of anilines is 1. The van der Waals surface area contributed by atoms with E-state index in [1.807, 2.05) is 24.3 Å². The highest BCUT2D eigenvalue weighted by atomic mass is 16.5. The van der Waals surface area contributed by atoms with Gasteiger partial charge in [0.05, 0.1) is 12.9 Å². The fraction of sp³-hybridized carbons (Fsp3) is 0.357. The summed E-state index contributed by atoms with van der Waals surface area (Å²) in [6, 6.07) is 7.73. The van der Waals surface area contributed by atoms with Gasteiger partial charge in [-0.1, -0.05) is 6.92 Å². The average Bonchev–Trinajstić information content (AvgIpc) is 2.90. The van der Waals surface area contributed by atoms with E-state index in [1.54, 1.807) is 12.5 Å². The van der Waals surface area contributed by atoms with Crippen LogP contribution < -0.4 is 5.32 Å². The standard InChI is InChI=1S/C14H18N2O2/c1-2-6-15-14-9-12(5-7-16-14)10-17-11-13-4-3-8-18-13/h3-5,7-9H,2,6,10-11H2,1H3,(H,15,16). The van der Waals surface area contributed by atoms with Crippen LogP contribution in [0.1, 0.15) is 24.7 Å². The van der Waals surface area contributed by atoms with Crippen LogP contribution >= 0.6 is 0 Å². The topological polar surface area (TPSA) is 47.3 Å². The second kappa shape index (κ2) is 6.81.